The van der Waals surface area contributed by atoms with Crippen molar-refractivity contribution >= 4 is 34.5 Å². The third kappa shape index (κ3) is 4.90. The topological polar surface area (TPSA) is 91.5 Å². The van der Waals surface area contributed by atoms with Crippen molar-refractivity contribution in [2.45, 2.75) is 6.42 Å². The van der Waals surface area contributed by atoms with Crippen molar-refractivity contribution in [3.8, 4) is 11.5 Å². The summed E-state index contributed by atoms with van der Waals surface area (Å²) in [6, 6.07) is 8.00. The molecular weight excluding hydrogens is 509 g/mol. The molecule has 9 heteroatoms. The molecule has 1 amide bonds. The molecule has 1 heterocycles. The predicted molar refractivity (Wildman–Crippen MR) is 112 cm³/mol. The number of nitrogens with zero attached hydrogens (tertiary/aromatic N) is 1. The standard InChI is InChI=1S/C21H15F2IN2O4/c1-29-21(28)13-6-16(10-26-9-13)30-18-7-14(22)5-12(19(18)20(25)27)4-11-2-3-15(24)8-17(11)23/h2-3,5-10H,4H2,1H3,(H2,25,27). The quantitative estimate of drug-likeness (QED) is 0.385. The summed E-state index contributed by atoms with van der Waals surface area (Å²) in [5.74, 6) is -2.81. The van der Waals surface area contributed by atoms with Gasteiger partial charge in [-0.1, -0.05) is 6.07 Å². The van der Waals surface area contributed by atoms with Crippen LogP contribution in [-0.2, 0) is 11.2 Å². The Morgan fingerprint density at radius 1 is 1.10 bits per heavy atom. The predicted octanol–water partition coefficient (Wildman–Crippen LogP) is 4.23. The number of benzene rings is 2. The highest BCUT2D eigenvalue weighted by Crippen LogP contribution is 2.31. The van der Waals surface area contributed by atoms with Crippen LogP contribution in [0.2, 0.25) is 0 Å². The van der Waals surface area contributed by atoms with E-state index in [0.717, 1.165) is 12.1 Å². The first kappa shape index (κ1) is 21.6. The van der Waals surface area contributed by atoms with Crippen molar-refractivity contribution in [3.05, 3.63) is 86.3 Å². The van der Waals surface area contributed by atoms with Crippen LogP contribution in [-0.4, -0.2) is 24.0 Å². The Bertz CT molecular complexity index is 1140. The molecule has 3 aromatic rings. The van der Waals surface area contributed by atoms with Crippen LogP contribution in [0.1, 0.15) is 31.8 Å². The summed E-state index contributed by atoms with van der Waals surface area (Å²) < 4.78 is 39.5. The summed E-state index contributed by atoms with van der Waals surface area (Å²) in [4.78, 5) is 27.7. The number of esters is 1. The lowest BCUT2D eigenvalue weighted by Gasteiger charge is -2.14. The molecule has 1 aromatic heterocycles. The number of carbonyl (C=O) groups excluding carboxylic acids is 2. The molecule has 0 radical (unpaired) electrons. The molecule has 0 aliphatic carbocycles. The molecule has 0 aliphatic rings. The van der Waals surface area contributed by atoms with Crippen molar-refractivity contribution < 1.29 is 27.8 Å². The molecule has 154 valence electrons. The maximum atomic E-state index is 14.3. The van der Waals surface area contributed by atoms with Crippen LogP contribution in [0, 0.1) is 15.2 Å². The number of methoxy groups -OCH3 is 1. The Morgan fingerprint density at radius 2 is 1.87 bits per heavy atom. The molecule has 6 nitrogen and oxygen atoms in total. The van der Waals surface area contributed by atoms with Crippen molar-refractivity contribution in [2.24, 2.45) is 5.73 Å². The number of ether oxygens (including phenoxy) is 2. The fraction of sp³-hybridized carbons (Fsp3) is 0.0952. The zero-order valence-electron chi connectivity index (χ0n) is 15.6. The van der Waals surface area contributed by atoms with Gasteiger partial charge in [-0.3, -0.25) is 9.78 Å². The number of nitrogens with two attached hydrogens (primary N) is 1. The lowest BCUT2D eigenvalue weighted by Crippen LogP contribution is -2.16. The average Bonchev–Trinajstić information content (AvgIpc) is 2.69. The highest BCUT2D eigenvalue weighted by Gasteiger charge is 2.20. The third-order valence-electron chi connectivity index (χ3n) is 4.15. The van der Waals surface area contributed by atoms with Gasteiger partial charge in [-0.2, -0.15) is 0 Å². The van der Waals surface area contributed by atoms with Crippen molar-refractivity contribution in [1.82, 2.24) is 4.98 Å². The second kappa shape index (κ2) is 9.16. The van der Waals surface area contributed by atoms with Crippen LogP contribution in [0.15, 0.2) is 48.8 Å². The number of rotatable bonds is 6. The minimum absolute atomic E-state index is 0.0670. The Morgan fingerprint density at radius 3 is 2.53 bits per heavy atom. The molecular formula is C21H15F2IN2O4. The van der Waals surface area contributed by atoms with E-state index in [0.29, 0.717) is 3.57 Å². The van der Waals surface area contributed by atoms with Gasteiger partial charge in [0.2, 0.25) is 0 Å². The molecule has 0 saturated heterocycles. The molecule has 0 saturated carbocycles. The highest BCUT2D eigenvalue weighted by molar-refractivity contribution is 14.1. The van der Waals surface area contributed by atoms with E-state index in [2.05, 4.69) is 9.72 Å². The van der Waals surface area contributed by atoms with E-state index in [-0.39, 0.29) is 40.2 Å². The zero-order valence-corrected chi connectivity index (χ0v) is 17.8. The molecule has 0 spiro atoms. The van der Waals surface area contributed by atoms with Gasteiger partial charge in [-0.15, -0.1) is 0 Å². The molecule has 30 heavy (non-hydrogen) atoms. The van der Waals surface area contributed by atoms with Crippen LogP contribution in [0.4, 0.5) is 8.78 Å². The lowest BCUT2D eigenvalue weighted by molar-refractivity contribution is 0.0599. The zero-order chi connectivity index (χ0) is 21.8. The van der Waals surface area contributed by atoms with Gasteiger partial charge < -0.3 is 15.2 Å². The second-order valence-electron chi connectivity index (χ2n) is 6.22. The van der Waals surface area contributed by atoms with Gasteiger partial charge in [-0.25, -0.2) is 13.6 Å². The number of primary amides is 1. The number of pyridine rings is 1. The van der Waals surface area contributed by atoms with Gasteiger partial charge in [-0.05, 0) is 58.0 Å². The summed E-state index contributed by atoms with van der Waals surface area (Å²) in [6.45, 7) is 0. The first-order chi connectivity index (χ1) is 14.3. The first-order valence-electron chi connectivity index (χ1n) is 8.56. The van der Waals surface area contributed by atoms with Crippen molar-refractivity contribution in [3.63, 3.8) is 0 Å². The number of hydrogen-bond acceptors (Lipinski definition) is 5. The fourth-order valence-corrected chi connectivity index (χ4v) is 3.29. The van der Waals surface area contributed by atoms with E-state index < -0.39 is 23.5 Å². The fourth-order valence-electron chi connectivity index (χ4n) is 2.84. The van der Waals surface area contributed by atoms with Gasteiger partial charge in [0.1, 0.15) is 23.1 Å². The van der Waals surface area contributed by atoms with E-state index in [1.54, 1.807) is 12.1 Å². The largest absolute Gasteiger partial charge is 0.465 e. The number of amides is 1. The SMILES string of the molecule is COC(=O)c1cncc(Oc2cc(F)cc(Cc3ccc(I)cc3F)c2C(N)=O)c1. The highest BCUT2D eigenvalue weighted by atomic mass is 127. The average molecular weight is 524 g/mol. The van der Waals surface area contributed by atoms with Gasteiger partial charge in [0.05, 0.1) is 24.4 Å². The number of carbonyl (C=O) groups is 2. The first-order valence-corrected chi connectivity index (χ1v) is 9.63. The molecule has 2 aromatic carbocycles. The molecule has 0 atom stereocenters. The Balaban J connectivity index is 2.03. The summed E-state index contributed by atoms with van der Waals surface area (Å²) in [5.41, 5.74) is 5.94. The molecule has 3 rings (SSSR count). The number of halogens is 3. The minimum Gasteiger partial charge on any atom is -0.465 e. The number of hydrogen-bond donors (Lipinski definition) is 1. The summed E-state index contributed by atoms with van der Waals surface area (Å²) >= 11 is 1.97. The molecule has 0 unspecified atom stereocenters. The normalized spacial score (nSPS) is 10.5. The van der Waals surface area contributed by atoms with Crippen LogP contribution >= 0.6 is 22.6 Å². The Kier molecular flexibility index (Phi) is 6.60. The van der Waals surface area contributed by atoms with E-state index >= 15 is 0 Å². The van der Waals surface area contributed by atoms with Gasteiger partial charge in [0, 0.05) is 22.3 Å². The van der Waals surface area contributed by atoms with Crippen LogP contribution in [0.3, 0.4) is 0 Å². The summed E-state index contributed by atoms with van der Waals surface area (Å²) in [7, 11) is 1.21. The van der Waals surface area contributed by atoms with Gasteiger partial charge in [0.15, 0.2) is 0 Å². The van der Waals surface area contributed by atoms with Gasteiger partial charge >= 0.3 is 5.97 Å². The molecule has 2 N–H and O–H groups in total. The molecule has 0 bridgehead atoms. The van der Waals surface area contributed by atoms with E-state index in [9.17, 15) is 18.4 Å². The van der Waals surface area contributed by atoms with Crippen LogP contribution in [0.5, 0.6) is 11.5 Å². The second-order valence-corrected chi connectivity index (χ2v) is 7.46. The number of aromatic nitrogens is 1. The van der Waals surface area contributed by atoms with Crippen molar-refractivity contribution in [1.29, 1.82) is 0 Å². The van der Waals surface area contributed by atoms with E-state index in [4.69, 9.17) is 10.5 Å². The third-order valence-corrected chi connectivity index (χ3v) is 4.82. The lowest BCUT2D eigenvalue weighted by atomic mass is 9.98. The van der Waals surface area contributed by atoms with E-state index in [1.165, 1.54) is 31.6 Å². The van der Waals surface area contributed by atoms with Crippen LogP contribution < -0.4 is 10.5 Å². The minimum atomic E-state index is -0.872. The maximum absolute atomic E-state index is 14.3. The van der Waals surface area contributed by atoms with Crippen molar-refractivity contribution in [2.75, 3.05) is 7.11 Å². The Hall–Kier alpha value is -3.08. The maximum Gasteiger partial charge on any atom is 0.339 e. The monoisotopic (exact) mass is 524 g/mol. The molecule has 0 aliphatic heterocycles. The smallest absolute Gasteiger partial charge is 0.339 e. The summed E-state index contributed by atoms with van der Waals surface area (Å²) in [6.07, 6.45) is 2.47. The van der Waals surface area contributed by atoms with E-state index in [1.807, 2.05) is 22.6 Å². The van der Waals surface area contributed by atoms with Gasteiger partial charge in [0.25, 0.3) is 5.91 Å². The Labute approximate surface area is 184 Å². The molecule has 0 fully saturated rings. The summed E-state index contributed by atoms with van der Waals surface area (Å²) in [5, 5.41) is 0. The van der Waals surface area contributed by atoms with Crippen LogP contribution in [0.25, 0.3) is 0 Å².